The average Bonchev–Trinajstić information content (AvgIpc) is 2.72. The molecule has 0 bridgehead atoms. The molecule has 0 aromatic carbocycles. The second-order valence-corrected chi connectivity index (χ2v) is 6.49. The molecule has 0 spiro atoms. The largest absolute Gasteiger partial charge is 0.322 e. The van der Waals surface area contributed by atoms with Crippen LogP contribution in [0.1, 0.15) is 67.1 Å². The van der Waals surface area contributed by atoms with Gasteiger partial charge in [0.1, 0.15) is 5.01 Å². The van der Waals surface area contributed by atoms with Gasteiger partial charge >= 0.3 is 0 Å². The first-order chi connectivity index (χ1) is 8.20. The molecule has 1 heterocycles. The van der Waals surface area contributed by atoms with E-state index in [2.05, 4.69) is 18.8 Å². The summed E-state index contributed by atoms with van der Waals surface area (Å²) in [5, 5.41) is 1.16. The normalized spacial score (nSPS) is 19.5. The van der Waals surface area contributed by atoms with Crippen LogP contribution >= 0.6 is 11.3 Å². The van der Waals surface area contributed by atoms with E-state index < -0.39 is 0 Å². The molecule has 0 saturated heterocycles. The van der Waals surface area contributed by atoms with E-state index in [0.717, 1.165) is 23.8 Å². The standard InChI is InChI=1S/C14H24N2S/c1-3-13-10(2)17-14(16-13)12(15)9-11-7-5-4-6-8-11/h11-12H,3-9,15H2,1-2H3. The lowest BCUT2D eigenvalue weighted by Gasteiger charge is -2.23. The van der Waals surface area contributed by atoms with E-state index >= 15 is 0 Å². The van der Waals surface area contributed by atoms with Gasteiger partial charge in [-0.15, -0.1) is 11.3 Å². The molecule has 1 fully saturated rings. The summed E-state index contributed by atoms with van der Waals surface area (Å²) >= 11 is 1.80. The van der Waals surface area contributed by atoms with E-state index in [1.807, 2.05) is 0 Å². The zero-order valence-electron chi connectivity index (χ0n) is 11.0. The number of hydrogen-bond donors (Lipinski definition) is 1. The fourth-order valence-corrected chi connectivity index (χ4v) is 3.84. The monoisotopic (exact) mass is 252 g/mol. The topological polar surface area (TPSA) is 38.9 Å². The highest BCUT2D eigenvalue weighted by atomic mass is 32.1. The molecule has 0 radical (unpaired) electrons. The van der Waals surface area contributed by atoms with Crippen LogP contribution in [0.4, 0.5) is 0 Å². The van der Waals surface area contributed by atoms with Crippen LogP contribution in [0.15, 0.2) is 0 Å². The van der Waals surface area contributed by atoms with Crippen LogP contribution in [-0.4, -0.2) is 4.98 Å². The minimum atomic E-state index is 0.169. The summed E-state index contributed by atoms with van der Waals surface area (Å²) in [6.45, 7) is 4.33. The zero-order chi connectivity index (χ0) is 12.3. The maximum atomic E-state index is 6.31. The molecule has 2 nitrogen and oxygen atoms in total. The predicted octanol–water partition coefficient (Wildman–Crippen LogP) is 3.98. The first-order valence-corrected chi connectivity index (χ1v) is 7.74. The minimum absolute atomic E-state index is 0.169. The molecule has 0 aliphatic heterocycles. The summed E-state index contributed by atoms with van der Waals surface area (Å²) in [5.74, 6) is 0.841. The second-order valence-electron chi connectivity index (χ2n) is 5.25. The number of nitrogens with zero attached hydrogens (tertiary/aromatic N) is 1. The molecule has 17 heavy (non-hydrogen) atoms. The third kappa shape index (κ3) is 3.29. The van der Waals surface area contributed by atoms with Gasteiger partial charge in [-0.25, -0.2) is 4.98 Å². The summed E-state index contributed by atoms with van der Waals surface area (Å²) < 4.78 is 0. The number of aryl methyl sites for hydroxylation is 2. The first-order valence-electron chi connectivity index (χ1n) is 6.92. The van der Waals surface area contributed by atoms with Gasteiger partial charge in [-0.1, -0.05) is 39.0 Å². The van der Waals surface area contributed by atoms with E-state index in [9.17, 15) is 0 Å². The lowest BCUT2D eigenvalue weighted by molar-refractivity contribution is 0.319. The summed E-state index contributed by atoms with van der Waals surface area (Å²) in [5.41, 5.74) is 7.55. The van der Waals surface area contributed by atoms with E-state index in [1.54, 1.807) is 11.3 Å². The van der Waals surface area contributed by atoms with Crippen molar-refractivity contribution in [2.45, 2.75) is 64.8 Å². The second kappa shape index (κ2) is 5.96. The SMILES string of the molecule is CCc1nc(C(N)CC2CCCCC2)sc1C. The minimum Gasteiger partial charge on any atom is -0.322 e. The molecule has 1 saturated carbocycles. The Morgan fingerprint density at radius 1 is 1.35 bits per heavy atom. The lowest BCUT2D eigenvalue weighted by atomic mass is 9.85. The maximum absolute atomic E-state index is 6.31. The summed E-state index contributed by atoms with van der Waals surface area (Å²) in [6.07, 6.45) is 9.12. The molecule has 1 unspecified atom stereocenters. The summed E-state index contributed by atoms with van der Waals surface area (Å²) in [6, 6.07) is 0.169. The number of thiazole rings is 1. The highest BCUT2D eigenvalue weighted by Crippen LogP contribution is 2.32. The maximum Gasteiger partial charge on any atom is 0.110 e. The highest BCUT2D eigenvalue weighted by molar-refractivity contribution is 7.11. The van der Waals surface area contributed by atoms with E-state index in [1.165, 1.54) is 42.7 Å². The van der Waals surface area contributed by atoms with Crippen LogP contribution in [0.3, 0.4) is 0 Å². The average molecular weight is 252 g/mol. The van der Waals surface area contributed by atoms with Crippen molar-refractivity contribution >= 4 is 11.3 Å². The van der Waals surface area contributed by atoms with Gasteiger partial charge in [-0.3, -0.25) is 0 Å². The van der Waals surface area contributed by atoms with Crippen LogP contribution in [-0.2, 0) is 6.42 Å². The molecular formula is C14H24N2S. The number of aromatic nitrogens is 1. The van der Waals surface area contributed by atoms with Crippen molar-refractivity contribution in [3.05, 3.63) is 15.6 Å². The Morgan fingerprint density at radius 3 is 2.65 bits per heavy atom. The lowest BCUT2D eigenvalue weighted by Crippen LogP contribution is -2.17. The Morgan fingerprint density at radius 2 is 2.06 bits per heavy atom. The van der Waals surface area contributed by atoms with E-state index in [0.29, 0.717) is 0 Å². The molecule has 3 heteroatoms. The van der Waals surface area contributed by atoms with Crippen LogP contribution in [0.25, 0.3) is 0 Å². The third-order valence-electron chi connectivity index (χ3n) is 3.87. The highest BCUT2D eigenvalue weighted by Gasteiger charge is 2.20. The Balaban J connectivity index is 1.95. The Bertz CT molecular complexity index is 353. The van der Waals surface area contributed by atoms with Crippen LogP contribution in [0.2, 0.25) is 0 Å². The van der Waals surface area contributed by atoms with E-state index in [-0.39, 0.29) is 6.04 Å². The van der Waals surface area contributed by atoms with Gasteiger partial charge in [-0.05, 0) is 25.7 Å². The fourth-order valence-electron chi connectivity index (χ4n) is 2.82. The molecule has 2 N–H and O–H groups in total. The Labute approximate surface area is 109 Å². The van der Waals surface area contributed by atoms with Crippen LogP contribution < -0.4 is 5.73 Å². The fraction of sp³-hybridized carbons (Fsp3) is 0.786. The predicted molar refractivity (Wildman–Crippen MR) is 74.3 cm³/mol. The molecule has 1 atom stereocenters. The first kappa shape index (κ1) is 13.0. The van der Waals surface area contributed by atoms with Gasteiger partial charge in [0.2, 0.25) is 0 Å². The smallest absolute Gasteiger partial charge is 0.110 e. The molecule has 1 aromatic rings. The van der Waals surface area contributed by atoms with Crippen molar-refractivity contribution in [1.82, 2.24) is 4.98 Å². The molecule has 0 amide bonds. The van der Waals surface area contributed by atoms with Gasteiger partial charge in [0.25, 0.3) is 0 Å². The summed E-state index contributed by atoms with van der Waals surface area (Å²) in [7, 11) is 0. The van der Waals surface area contributed by atoms with Crippen molar-refractivity contribution in [2.75, 3.05) is 0 Å². The van der Waals surface area contributed by atoms with Gasteiger partial charge < -0.3 is 5.73 Å². The van der Waals surface area contributed by atoms with Gasteiger partial charge in [0.05, 0.1) is 11.7 Å². The Hall–Kier alpha value is -0.410. The van der Waals surface area contributed by atoms with Crippen molar-refractivity contribution in [1.29, 1.82) is 0 Å². The quantitative estimate of drug-likeness (QED) is 0.880. The van der Waals surface area contributed by atoms with Gasteiger partial charge in [0.15, 0.2) is 0 Å². The molecule has 1 aliphatic rings. The van der Waals surface area contributed by atoms with Crippen molar-refractivity contribution in [3.8, 4) is 0 Å². The van der Waals surface area contributed by atoms with Crippen molar-refractivity contribution in [2.24, 2.45) is 11.7 Å². The number of rotatable bonds is 4. The van der Waals surface area contributed by atoms with E-state index in [4.69, 9.17) is 5.73 Å². The molecule has 2 rings (SSSR count). The van der Waals surface area contributed by atoms with Gasteiger partial charge in [-0.2, -0.15) is 0 Å². The molecule has 96 valence electrons. The molecular weight excluding hydrogens is 228 g/mol. The Kier molecular flexibility index (Phi) is 4.57. The molecule has 1 aliphatic carbocycles. The summed E-state index contributed by atoms with van der Waals surface area (Å²) in [4.78, 5) is 6.04. The van der Waals surface area contributed by atoms with Crippen molar-refractivity contribution < 1.29 is 0 Å². The molecule has 1 aromatic heterocycles. The van der Waals surface area contributed by atoms with Gasteiger partial charge in [0, 0.05) is 4.88 Å². The van der Waals surface area contributed by atoms with Crippen LogP contribution in [0.5, 0.6) is 0 Å². The zero-order valence-corrected chi connectivity index (χ0v) is 11.9. The number of nitrogens with two attached hydrogens (primary N) is 1. The third-order valence-corrected chi connectivity index (χ3v) is 5.02. The number of hydrogen-bond acceptors (Lipinski definition) is 3. The van der Waals surface area contributed by atoms with Crippen molar-refractivity contribution in [3.63, 3.8) is 0 Å². The van der Waals surface area contributed by atoms with Crippen LogP contribution in [0, 0.1) is 12.8 Å².